The zero-order valence-electron chi connectivity index (χ0n) is 20.5. The number of aryl methyl sites for hydroxylation is 1. The summed E-state index contributed by atoms with van der Waals surface area (Å²) in [5.41, 5.74) is 2.39. The van der Waals surface area contributed by atoms with E-state index >= 15 is 0 Å². The lowest BCUT2D eigenvalue weighted by molar-refractivity contribution is 0.763. The highest BCUT2D eigenvalue weighted by molar-refractivity contribution is 5.88. The minimum absolute atomic E-state index is 0.0875. The Balaban J connectivity index is -0.000000432. The molecule has 0 bridgehead atoms. The van der Waals surface area contributed by atoms with Gasteiger partial charge < -0.3 is 0 Å². The van der Waals surface area contributed by atoms with Gasteiger partial charge in [-0.2, -0.15) is 0 Å². The molecule has 2 aromatic carbocycles. The Bertz CT molecular complexity index is 624. The summed E-state index contributed by atoms with van der Waals surface area (Å²) in [6.45, 7) is 18.2. The standard InChI is InChI=1S/C14H18N2.C7H8.3C2H6/c1-14(2,11-15-3)12-16-10-9-13-7-5-4-6-8-13;1-7-5-3-2-4-6-7;3*1-2/h4-12H,1-3H3;2-6H,1H3;3*1-2H3/b10-9+,15-11?,16-12?;;;;. The van der Waals surface area contributed by atoms with E-state index < -0.39 is 0 Å². The van der Waals surface area contributed by atoms with E-state index in [9.17, 15) is 0 Å². The van der Waals surface area contributed by atoms with Crippen molar-refractivity contribution in [1.29, 1.82) is 0 Å². The number of hydrogen-bond donors (Lipinski definition) is 0. The average Bonchev–Trinajstić information content (AvgIpc) is 2.77. The van der Waals surface area contributed by atoms with E-state index in [1.54, 1.807) is 13.2 Å². The van der Waals surface area contributed by atoms with Crippen molar-refractivity contribution >= 4 is 18.5 Å². The molecule has 2 nitrogen and oxygen atoms in total. The summed E-state index contributed by atoms with van der Waals surface area (Å²) in [5.74, 6) is 0. The Kier molecular flexibility index (Phi) is 25.4. The van der Waals surface area contributed by atoms with Crippen LogP contribution in [-0.4, -0.2) is 19.5 Å². The molecule has 162 valence electrons. The maximum absolute atomic E-state index is 4.26. The van der Waals surface area contributed by atoms with E-state index in [-0.39, 0.29) is 5.41 Å². The van der Waals surface area contributed by atoms with E-state index in [0.29, 0.717) is 0 Å². The lowest BCUT2D eigenvalue weighted by Gasteiger charge is -2.10. The first-order chi connectivity index (χ1) is 14.0. The molecular formula is C27H44N2. The van der Waals surface area contributed by atoms with Crippen molar-refractivity contribution in [3.05, 3.63) is 78.0 Å². The second-order valence-corrected chi connectivity index (χ2v) is 5.87. The Labute approximate surface area is 181 Å². The number of rotatable bonds is 4. The van der Waals surface area contributed by atoms with Gasteiger partial charge in [0.2, 0.25) is 0 Å². The van der Waals surface area contributed by atoms with Crippen LogP contribution in [0, 0.1) is 12.3 Å². The maximum Gasteiger partial charge on any atom is 0.0348 e. The van der Waals surface area contributed by atoms with Crippen molar-refractivity contribution in [2.45, 2.75) is 62.3 Å². The number of nitrogens with zero attached hydrogens (tertiary/aromatic N) is 2. The first kappa shape index (κ1) is 31.2. The van der Waals surface area contributed by atoms with Crippen LogP contribution in [0.2, 0.25) is 0 Å². The van der Waals surface area contributed by atoms with Crippen molar-refractivity contribution in [1.82, 2.24) is 0 Å². The molecule has 0 fully saturated rings. The summed E-state index contributed by atoms with van der Waals surface area (Å²) < 4.78 is 0. The fourth-order valence-corrected chi connectivity index (χ4v) is 1.83. The molecule has 0 atom stereocenters. The van der Waals surface area contributed by atoms with Crippen molar-refractivity contribution in [3.63, 3.8) is 0 Å². The van der Waals surface area contributed by atoms with Gasteiger partial charge in [-0.15, -0.1) is 0 Å². The summed E-state index contributed by atoms with van der Waals surface area (Å²) in [6, 6.07) is 20.4. The third-order valence-corrected chi connectivity index (χ3v) is 2.96. The molecule has 0 amide bonds. The maximum atomic E-state index is 4.26. The molecule has 0 aliphatic carbocycles. The molecule has 0 saturated heterocycles. The molecule has 0 spiro atoms. The predicted molar refractivity (Wildman–Crippen MR) is 137 cm³/mol. The molecule has 0 unspecified atom stereocenters. The van der Waals surface area contributed by atoms with Crippen molar-refractivity contribution in [2.75, 3.05) is 7.05 Å². The second kappa shape index (κ2) is 23.6. The SMILES string of the molecule is CC.CC.CC.CN=CC(C)(C)C=N/C=C/c1ccccc1.Cc1ccccc1. The quantitative estimate of drug-likeness (QED) is 0.463. The van der Waals surface area contributed by atoms with Crippen molar-refractivity contribution < 1.29 is 0 Å². The smallest absolute Gasteiger partial charge is 0.0348 e. The first-order valence-corrected chi connectivity index (χ1v) is 10.7. The van der Waals surface area contributed by atoms with Crippen LogP contribution in [0.25, 0.3) is 6.08 Å². The molecule has 2 aromatic rings. The molecule has 29 heavy (non-hydrogen) atoms. The van der Waals surface area contributed by atoms with Crippen molar-refractivity contribution in [2.24, 2.45) is 15.4 Å². The minimum Gasteiger partial charge on any atom is -0.300 e. The Morgan fingerprint density at radius 1 is 0.690 bits per heavy atom. The molecule has 0 heterocycles. The lowest BCUT2D eigenvalue weighted by Crippen LogP contribution is -2.14. The lowest BCUT2D eigenvalue weighted by atomic mass is 9.97. The Morgan fingerprint density at radius 2 is 1.14 bits per heavy atom. The largest absolute Gasteiger partial charge is 0.300 e. The van der Waals surface area contributed by atoms with Gasteiger partial charge in [0.15, 0.2) is 0 Å². The molecule has 2 heteroatoms. The highest BCUT2D eigenvalue weighted by Crippen LogP contribution is 2.08. The third-order valence-electron chi connectivity index (χ3n) is 2.96. The zero-order valence-corrected chi connectivity index (χ0v) is 20.5. The normalized spacial score (nSPS) is 10.0. The molecule has 0 N–H and O–H groups in total. The Morgan fingerprint density at radius 3 is 1.52 bits per heavy atom. The van der Waals surface area contributed by atoms with Gasteiger partial charge in [-0.1, -0.05) is 108 Å². The highest BCUT2D eigenvalue weighted by Gasteiger charge is 2.09. The monoisotopic (exact) mass is 396 g/mol. The zero-order chi connectivity index (χ0) is 23.0. The Hall–Kier alpha value is -2.48. The van der Waals surface area contributed by atoms with Gasteiger partial charge in [-0.05, 0) is 32.4 Å². The van der Waals surface area contributed by atoms with Gasteiger partial charge in [0.25, 0.3) is 0 Å². The second-order valence-electron chi connectivity index (χ2n) is 5.87. The van der Waals surface area contributed by atoms with Gasteiger partial charge in [0, 0.05) is 31.1 Å². The van der Waals surface area contributed by atoms with Crippen molar-refractivity contribution in [3.8, 4) is 0 Å². The van der Waals surface area contributed by atoms with Crippen LogP contribution in [0.15, 0.2) is 76.8 Å². The minimum atomic E-state index is -0.0875. The summed E-state index contributed by atoms with van der Waals surface area (Å²) in [5, 5.41) is 0. The van der Waals surface area contributed by atoms with Gasteiger partial charge >= 0.3 is 0 Å². The van der Waals surface area contributed by atoms with Crippen LogP contribution in [-0.2, 0) is 0 Å². The van der Waals surface area contributed by atoms with E-state index in [2.05, 4.69) is 42.9 Å². The fraction of sp³-hybridized carbons (Fsp3) is 0.407. The van der Waals surface area contributed by atoms with Gasteiger partial charge in [0.05, 0.1) is 0 Å². The van der Waals surface area contributed by atoms with Gasteiger partial charge in [0.1, 0.15) is 0 Å². The highest BCUT2D eigenvalue weighted by atomic mass is 14.7. The predicted octanol–water partition coefficient (Wildman–Crippen LogP) is 8.53. The van der Waals surface area contributed by atoms with Crippen LogP contribution < -0.4 is 0 Å². The summed E-state index contributed by atoms with van der Waals surface area (Å²) in [6.07, 6.45) is 7.56. The van der Waals surface area contributed by atoms with Crippen LogP contribution in [0.1, 0.15) is 66.5 Å². The summed E-state index contributed by atoms with van der Waals surface area (Å²) in [4.78, 5) is 8.26. The molecule has 0 radical (unpaired) electrons. The number of hydrogen-bond acceptors (Lipinski definition) is 2. The summed E-state index contributed by atoms with van der Waals surface area (Å²) >= 11 is 0. The molecule has 0 aliphatic rings. The van der Waals surface area contributed by atoms with Crippen LogP contribution in [0.4, 0.5) is 0 Å². The fourth-order valence-electron chi connectivity index (χ4n) is 1.83. The number of aliphatic imine (C=N–C) groups is 2. The topological polar surface area (TPSA) is 24.7 Å². The van der Waals surface area contributed by atoms with Gasteiger partial charge in [-0.25, -0.2) is 0 Å². The van der Waals surface area contributed by atoms with E-state index in [4.69, 9.17) is 0 Å². The van der Waals surface area contributed by atoms with Crippen LogP contribution >= 0.6 is 0 Å². The first-order valence-electron chi connectivity index (χ1n) is 10.7. The third kappa shape index (κ3) is 21.7. The van der Waals surface area contributed by atoms with E-state index in [1.165, 1.54) is 5.56 Å². The molecular weight excluding hydrogens is 352 g/mol. The molecule has 0 saturated carbocycles. The van der Waals surface area contributed by atoms with E-state index in [0.717, 1.165) is 5.56 Å². The van der Waals surface area contributed by atoms with Gasteiger partial charge in [-0.3, -0.25) is 9.98 Å². The van der Waals surface area contributed by atoms with E-state index in [1.807, 2.05) is 109 Å². The number of benzene rings is 2. The molecule has 0 aromatic heterocycles. The van der Waals surface area contributed by atoms with Crippen LogP contribution in [0.5, 0.6) is 0 Å². The summed E-state index contributed by atoms with van der Waals surface area (Å²) in [7, 11) is 1.77. The molecule has 0 aliphatic heterocycles. The average molecular weight is 397 g/mol. The molecule has 2 rings (SSSR count). The van der Waals surface area contributed by atoms with Crippen LogP contribution in [0.3, 0.4) is 0 Å².